The van der Waals surface area contributed by atoms with E-state index in [4.69, 9.17) is 4.74 Å². The summed E-state index contributed by atoms with van der Waals surface area (Å²) in [6.45, 7) is 1.32. The van der Waals surface area contributed by atoms with E-state index in [-0.39, 0.29) is 24.5 Å². The van der Waals surface area contributed by atoms with E-state index >= 15 is 0 Å². The minimum Gasteiger partial charge on any atom is -0.462 e. The van der Waals surface area contributed by atoms with Gasteiger partial charge in [-0.1, -0.05) is 18.6 Å². The van der Waals surface area contributed by atoms with Crippen molar-refractivity contribution in [2.75, 3.05) is 13.2 Å². The molecule has 0 amide bonds. The van der Waals surface area contributed by atoms with Crippen LogP contribution in [0.5, 0.6) is 0 Å². The average molecular weight is 380 g/mol. The maximum atomic E-state index is 12.1. The van der Waals surface area contributed by atoms with Gasteiger partial charge in [0.05, 0.1) is 18.1 Å². The molecule has 0 aliphatic rings. The third kappa shape index (κ3) is 8.56. The number of nitro benzene ring substituents is 1. The first kappa shape index (κ1) is 21.7. The first-order chi connectivity index (χ1) is 12.8. The molecule has 146 valence electrons. The molecule has 0 saturated heterocycles. The van der Waals surface area contributed by atoms with Crippen LogP contribution in [0.4, 0.5) is 5.69 Å². The molecular formula is C17H20N2O8. The van der Waals surface area contributed by atoms with Gasteiger partial charge in [0, 0.05) is 12.1 Å². The van der Waals surface area contributed by atoms with Gasteiger partial charge in [-0.3, -0.25) is 14.9 Å². The number of ketones is 1. The highest BCUT2D eigenvalue weighted by atomic mass is 16.9. The van der Waals surface area contributed by atoms with E-state index in [0.717, 1.165) is 0 Å². The van der Waals surface area contributed by atoms with Crippen LogP contribution < -0.4 is 0 Å². The van der Waals surface area contributed by atoms with Gasteiger partial charge in [0.2, 0.25) is 0 Å². The summed E-state index contributed by atoms with van der Waals surface area (Å²) in [6, 6.07) is 5.55. The van der Waals surface area contributed by atoms with Crippen molar-refractivity contribution in [2.24, 2.45) is 0 Å². The number of carbonyl (C=O) groups is 2. The molecule has 0 aromatic heterocycles. The van der Waals surface area contributed by atoms with Crippen molar-refractivity contribution in [3.63, 3.8) is 0 Å². The zero-order valence-electron chi connectivity index (χ0n) is 14.8. The second kappa shape index (κ2) is 11.3. The Balaban J connectivity index is 2.52. The Labute approximate surface area is 155 Å². The van der Waals surface area contributed by atoms with Gasteiger partial charge in [0.1, 0.15) is 5.57 Å². The van der Waals surface area contributed by atoms with Gasteiger partial charge in [0.25, 0.3) is 10.8 Å². The smallest absolute Gasteiger partial charge is 0.341 e. The van der Waals surface area contributed by atoms with Crippen molar-refractivity contribution >= 4 is 23.5 Å². The molecule has 0 bridgehead atoms. The normalized spacial score (nSPS) is 10.9. The van der Waals surface area contributed by atoms with Crippen LogP contribution in [0.3, 0.4) is 0 Å². The second-order valence-electron chi connectivity index (χ2n) is 5.57. The van der Waals surface area contributed by atoms with Crippen molar-refractivity contribution in [1.29, 1.82) is 0 Å². The van der Waals surface area contributed by atoms with Gasteiger partial charge >= 0.3 is 5.97 Å². The molecule has 1 aromatic rings. The van der Waals surface area contributed by atoms with Crippen LogP contribution in [0.25, 0.3) is 6.08 Å². The van der Waals surface area contributed by atoms with Gasteiger partial charge < -0.3 is 9.57 Å². The summed E-state index contributed by atoms with van der Waals surface area (Å²) < 4.78 is 5.06. The largest absolute Gasteiger partial charge is 0.462 e. The lowest BCUT2D eigenvalue weighted by Crippen LogP contribution is -2.14. The fraction of sp³-hybridized carbons (Fsp3) is 0.412. The molecule has 27 heavy (non-hydrogen) atoms. The lowest BCUT2D eigenvalue weighted by atomic mass is 10.1. The fourth-order valence-corrected chi connectivity index (χ4v) is 2.14. The van der Waals surface area contributed by atoms with Crippen LogP contribution in [0.2, 0.25) is 0 Å². The van der Waals surface area contributed by atoms with Gasteiger partial charge in [-0.25, -0.2) is 4.79 Å². The first-order valence-electron chi connectivity index (χ1n) is 8.22. The lowest BCUT2D eigenvalue weighted by molar-refractivity contribution is -0.757. The van der Waals surface area contributed by atoms with Crippen LogP contribution >= 0.6 is 0 Å². The number of esters is 1. The summed E-state index contributed by atoms with van der Waals surface area (Å²) >= 11 is 0. The molecule has 0 radical (unpaired) electrons. The highest BCUT2D eigenvalue weighted by Crippen LogP contribution is 2.17. The van der Waals surface area contributed by atoms with Crippen LogP contribution in [0, 0.1) is 20.2 Å². The summed E-state index contributed by atoms with van der Waals surface area (Å²) in [5, 5.41) is 19.9. The van der Waals surface area contributed by atoms with Crippen LogP contribution in [0.1, 0.15) is 38.2 Å². The maximum Gasteiger partial charge on any atom is 0.341 e. The number of carbonyl (C=O) groups excluding carboxylic acids is 2. The van der Waals surface area contributed by atoms with Gasteiger partial charge in [-0.2, -0.15) is 0 Å². The molecule has 0 spiro atoms. The van der Waals surface area contributed by atoms with Gasteiger partial charge in [-0.05, 0) is 37.8 Å². The molecule has 0 heterocycles. The van der Waals surface area contributed by atoms with E-state index in [1.165, 1.54) is 37.3 Å². The lowest BCUT2D eigenvalue weighted by Gasteiger charge is -2.06. The maximum absolute atomic E-state index is 12.1. The Morgan fingerprint density at radius 2 is 1.74 bits per heavy atom. The van der Waals surface area contributed by atoms with Crippen LogP contribution in [0.15, 0.2) is 29.8 Å². The van der Waals surface area contributed by atoms with E-state index < -0.39 is 21.8 Å². The van der Waals surface area contributed by atoms with Crippen molar-refractivity contribution in [3.8, 4) is 0 Å². The Hall–Kier alpha value is -3.30. The molecule has 0 atom stereocenters. The predicted molar refractivity (Wildman–Crippen MR) is 94.1 cm³/mol. The van der Waals surface area contributed by atoms with Crippen molar-refractivity contribution in [3.05, 3.63) is 55.6 Å². The number of hydrogen-bond donors (Lipinski definition) is 0. The molecule has 0 N–H and O–H groups in total. The SMILES string of the molecule is CC(=O)/C(=C\c1cccc([N+](=O)[O-])c1)C(=O)OCCCCCCO[N+](=O)[O-]. The molecule has 0 saturated carbocycles. The molecule has 10 nitrogen and oxygen atoms in total. The van der Waals surface area contributed by atoms with E-state index in [9.17, 15) is 29.8 Å². The Morgan fingerprint density at radius 3 is 2.33 bits per heavy atom. The summed E-state index contributed by atoms with van der Waals surface area (Å²) in [5.41, 5.74) is -0.00639. The molecule has 0 aliphatic heterocycles. The number of hydrogen-bond acceptors (Lipinski definition) is 8. The molecule has 10 heteroatoms. The molecule has 0 aliphatic carbocycles. The third-order valence-electron chi connectivity index (χ3n) is 3.46. The average Bonchev–Trinajstić information content (AvgIpc) is 2.61. The summed E-state index contributed by atoms with van der Waals surface area (Å²) in [5.74, 6) is -1.31. The number of Topliss-reactive ketones (excluding diaryl/α,β-unsaturated/α-hetero) is 1. The number of ether oxygens (including phenoxy) is 1. The van der Waals surface area contributed by atoms with Gasteiger partial charge in [0.15, 0.2) is 5.78 Å². The van der Waals surface area contributed by atoms with Crippen LogP contribution in [-0.4, -0.2) is 35.0 Å². The van der Waals surface area contributed by atoms with Gasteiger partial charge in [-0.15, -0.1) is 10.1 Å². The van der Waals surface area contributed by atoms with E-state index in [1.54, 1.807) is 0 Å². The zero-order valence-corrected chi connectivity index (χ0v) is 14.8. The quantitative estimate of drug-likeness (QED) is 0.103. The van der Waals surface area contributed by atoms with Crippen LogP contribution in [-0.2, 0) is 19.2 Å². The van der Waals surface area contributed by atoms with Crippen molar-refractivity contribution < 1.29 is 29.2 Å². The van der Waals surface area contributed by atoms with E-state index in [2.05, 4.69) is 4.84 Å². The Kier molecular flexibility index (Phi) is 9.13. The summed E-state index contributed by atoms with van der Waals surface area (Å²) in [6.07, 6.45) is 3.66. The fourth-order valence-electron chi connectivity index (χ4n) is 2.14. The Bertz CT molecular complexity index is 729. The molecule has 1 aromatic carbocycles. The second-order valence-corrected chi connectivity index (χ2v) is 5.57. The highest BCUT2D eigenvalue weighted by molar-refractivity contribution is 6.19. The monoisotopic (exact) mass is 380 g/mol. The van der Waals surface area contributed by atoms with E-state index in [1.807, 2.05) is 0 Å². The number of rotatable bonds is 12. The Morgan fingerprint density at radius 1 is 1.07 bits per heavy atom. The predicted octanol–water partition coefficient (Wildman–Crippen LogP) is 2.88. The number of non-ortho nitro benzene ring substituents is 1. The summed E-state index contributed by atoms with van der Waals surface area (Å²) in [4.78, 5) is 48.1. The standard InChI is InChI=1S/C17H20N2O8/c1-13(20)16(12-14-7-6-8-15(11-14)18(22)23)17(21)26-9-4-2-3-5-10-27-19(24)25/h6-8,11-12H,2-5,9-10H2,1H3/b16-12+. The van der Waals surface area contributed by atoms with Crippen molar-refractivity contribution in [2.45, 2.75) is 32.6 Å². The molecule has 0 unspecified atom stereocenters. The van der Waals surface area contributed by atoms with Crippen molar-refractivity contribution in [1.82, 2.24) is 0 Å². The minimum absolute atomic E-state index is 0.0211. The zero-order chi connectivity index (χ0) is 20.2. The summed E-state index contributed by atoms with van der Waals surface area (Å²) in [7, 11) is 0. The molecule has 1 rings (SSSR count). The first-order valence-corrected chi connectivity index (χ1v) is 8.22. The number of unbranched alkanes of at least 4 members (excludes halogenated alkanes) is 3. The van der Waals surface area contributed by atoms with E-state index in [0.29, 0.717) is 31.2 Å². The highest BCUT2D eigenvalue weighted by Gasteiger charge is 2.16. The molecular weight excluding hydrogens is 360 g/mol. The molecule has 0 fully saturated rings. The number of benzene rings is 1. The number of nitro groups is 1. The third-order valence-corrected chi connectivity index (χ3v) is 3.46. The number of nitrogens with zero attached hydrogens (tertiary/aromatic N) is 2. The minimum atomic E-state index is -0.848. The topological polar surface area (TPSA) is 139 Å².